The summed E-state index contributed by atoms with van der Waals surface area (Å²) < 4.78 is 10.6. The largest absolute Gasteiger partial charge is 0.497 e. The van der Waals surface area contributed by atoms with Crippen LogP contribution in [0.5, 0.6) is 11.5 Å². The van der Waals surface area contributed by atoms with Crippen LogP contribution in [0.25, 0.3) is 0 Å². The van der Waals surface area contributed by atoms with Gasteiger partial charge in [-0.05, 0) is 38.5 Å². The van der Waals surface area contributed by atoms with E-state index in [4.69, 9.17) is 9.47 Å². The highest BCUT2D eigenvalue weighted by Crippen LogP contribution is 2.26. The summed E-state index contributed by atoms with van der Waals surface area (Å²) in [6.07, 6.45) is 0. The molecule has 0 saturated heterocycles. The first-order valence-corrected chi connectivity index (χ1v) is 7.96. The van der Waals surface area contributed by atoms with Crippen molar-refractivity contribution in [1.82, 2.24) is 9.88 Å². The number of carbonyl (C=O) groups excluding carboxylic acids is 2. The average Bonchev–Trinajstić information content (AvgIpc) is 2.88. The minimum Gasteiger partial charge on any atom is -0.497 e. The summed E-state index contributed by atoms with van der Waals surface area (Å²) in [6, 6.07) is 5.48. The van der Waals surface area contributed by atoms with Gasteiger partial charge in [-0.1, -0.05) is 0 Å². The molecule has 6 nitrogen and oxygen atoms in total. The van der Waals surface area contributed by atoms with Gasteiger partial charge >= 0.3 is 0 Å². The van der Waals surface area contributed by atoms with Crippen LogP contribution < -0.4 is 9.47 Å². The molecule has 0 aliphatic rings. The molecule has 134 valence electrons. The first-order chi connectivity index (χ1) is 11.8. The van der Waals surface area contributed by atoms with Gasteiger partial charge in [-0.2, -0.15) is 0 Å². The maximum atomic E-state index is 12.8. The molecule has 0 radical (unpaired) electrons. The van der Waals surface area contributed by atoms with Gasteiger partial charge in [0.1, 0.15) is 17.2 Å². The van der Waals surface area contributed by atoms with Crippen LogP contribution in [0, 0.1) is 13.8 Å². The van der Waals surface area contributed by atoms with Gasteiger partial charge in [-0.3, -0.25) is 9.59 Å². The van der Waals surface area contributed by atoms with E-state index in [0.717, 1.165) is 5.56 Å². The number of ether oxygens (including phenoxy) is 2. The first kappa shape index (κ1) is 18.6. The Morgan fingerprint density at radius 1 is 1.16 bits per heavy atom. The number of nitrogens with zero attached hydrogens (tertiary/aromatic N) is 1. The number of benzene rings is 1. The number of aryl methyl sites for hydroxylation is 1. The molecule has 25 heavy (non-hydrogen) atoms. The fourth-order valence-corrected chi connectivity index (χ4v) is 2.99. The van der Waals surface area contributed by atoms with E-state index in [-0.39, 0.29) is 11.7 Å². The smallest absolute Gasteiger partial charge is 0.270 e. The molecule has 6 heteroatoms. The number of ketones is 1. The molecule has 0 aliphatic carbocycles. The SMILES string of the molecule is COc1ccc(CN(C)C(=O)c2[nH]c(C)c(C(C)=O)c2C)c(OC)c1. The summed E-state index contributed by atoms with van der Waals surface area (Å²) in [5.74, 6) is 1.12. The van der Waals surface area contributed by atoms with Gasteiger partial charge in [-0.25, -0.2) is 0 Å². The van der Waals surface area contributed by atoms with E-state index in [9.17, 15) is 9.59 Å². The van der Waals surface area contributed by atoms with Crippen molar-refractivity contribution in [1.29, 1.82) is 0 Å². The molecule has 0 unspecified atom stereocenters. The fourth-order valence-electron chi connectivity index (χ4n) is 2.99. The normalized spacial score (nSPS) is 10.5. The number of methoxy groups -OCH3 is 2. The van der Waals surface area contributed by atoms with E-state index in [1.165, 1.54) is 6.92 Å². The van der Waals surface area contributed by atoms with Gasteiger partial charge in [0.2, 0.25) is 0 Å². The van der Waals surface area contributed by atoms with Crippen molar-refractivity contribution in [3.8, 4) is 11.5 Å². The van der Waals surface area contributed by atoms with E-state index >= 15 is 0 Å². The van der Waals surface area contributed by atoms with Crippen molar-refractivity contribution < 1.29 is 19.1 Å². The number of rotatable bonds is 6. The minimum absolute atomic E-state index is 0.0511. The van der Waals surface area contributed by atoms with E-state index in [1.807, 2.05) is 12.1 Å². The topological polar surface area (TPSA) is 71.6 Å². The summed E-state index contributed by atoms with van der Waals surface area (Å²) in [5, 5.41) is 0. The van der Waals surface area contributed by atoms with Crippen molar-refractivity contribution in [2.75, 3.05) is 21.3 Å². The van der Waals surface area contributed by atoms with Gasteiger partial charge < -0.3 is 19.4 Å². The van der Waals surface area contributed by atoms with Crippen molar-refractivity contribution in [3.63, 3.8) is 0 Å². The molecule has 1 heterocycles. The third kappa shape index (κ3) is 3.68. The third-order valence-electron chi connectivity index (χ3n) is 4.25. The third-order valence-corrected chi connectivity index (χ3v) is 4.25. The molecular formula is C19H24N2O4. The summed E-state index contributed by atoms with van der Waals surface area (Å²) in [6.45, 7) is 5.46. The lowest BCUT2D eigenvalue weighted by Crippen LogP contribution is -2.27. The number of hydrogen-bond donors (Lipinski definition) is 1. The van der Waals surface area contributed by atoms with Crippen molar-refractivity contribution in [2.24, 2.45) is 0 Å². The Morgan fingerprint density at radius 3 is 2.36 bits per heavy atom. The van der Waals surface area contributed by atoms with Crippen LogP contribution >= 0.6 is 0 Å². The molecule has 1 amide bonds. The summed E-state index contributed by atoms with van der Waals surface area (Å²) in [5.41, 5.74) is 3.29. The molecule has 1 aromatic carbocycles. The lowest BCUT2D eigenvalue weighted by molar-refractivity contribution is 0.0778. The highest BCUT2D eigenvalue weighted by molar-refractivity contribution is 6.02. The Hall–Kier alpha value is -2.76. The minimum atomic E-state index is -0.175. The predicted octanol–water partition coefficient (Wildman–Crippen LogP) is 3.12. The van der Waals surface area contributed by atoms with Crippen LogP contribution in [0.3, 0.4) is 0 Å². The molecular weight excluding hydrogens is 320 g/mol. The zero-order valence-corrected chi connectivity index (χ0v) is 15.5. The Bertz CT molecular complexity index is 808. The Kier molecular flexibility index (Phi) is 5.51. The van der Waals surface area contributed by atoms with Gasteiger partial charge in [0, 0.05) is 36.5 Å². The first-order valence-electron chi connectivity index (χ1n) is 7.96. The number of hydrogen-bond acceptors (Lipinski definition) is 4. The molecule has 0 bridgehead atoms. The number of Topliss-reactive ketones (excluding diaryl/α,β-unsaturated/α-hetero) is 1. The standard InChI is InChI=1S/C19H24N2O4/c1-11-17(13(3)22)12(2)20-18(11)19(23)21(4)10-14-7-8-15(24-5)9-16(14)25-6/h7-9,20H,10H2,1-6H3. The fraction of sp³-hybridized carbons (Fsp3) is 0.368. The van der Waals surface area contributed by atoms with Gasteiger partial charge in [0.25, 0.3) is 5.91 Å². The summed E-state index contributed by atoms with van der Waals surface area (Å²) in [4.78, 5) is 29.2. The number of aromatic nitrogens is 1. The summed E-state index contributed by atoms with van der Waals surface area (Å²) in [7, 11) is 4.89. The molecule has 0 fully saturated rings. The van der Waals surface area contributed by atoms with Gasteiger partial charge in [0.15, 0.2) is 5.78 Å². The van der Waals surface area contributed by atoms with E-state index < -0.39 is 0 Å². The molecule has 2 rings (SSSR count). The number of H-pyrrole nitrogens is 1. The average molecular weight is 344 g/mol. The highest BCUT2D eigenvalue weighted by atomic mass is 16.5. The molecule has 0 saturated carbocycles. The summed E-state index contributed by atoms with van der Waals surface area (Å²) >= 11 is 0. The van der Waals surface area contributed by atoms with Crippen LogP contribution in [0.1, 0.15) is 44.6 Å². The molecule has 1 N–H and O–H groups in total. The number of amides is 1. The Labute approximate surface area is 147 Å². The van der Waals surface area contributed by atoms with Crippen LogP contribution in [-0.2, 0) is 6.54 Å². The zero-order chi connectivity index (χ0) is 18.7. The Balaban J connectivity index is 2.27. The maximum absolute atomic E-state index is 12.8. The molecule has 0 atom stereocenters. The molecule has 1 aromatic heterocycles. The predicted molar refractivity (Wildman–Crippen MR) is 95.6 cm³/mol. The molecule has 0 spiro atoms. The van der Waals surface area contributed by atoms with E-state index in [2.05, 4.69) is 4.98 Å². The monoisotopic (exact) mass is 344 g/mol. The lowest BCUT2D eigenvalue weighted by atomic mass is 10.1. The van der Waals surface area contributed by atoms with E-state index in [0.29, 0.717) is 40.6 Å². The molecule has 0 aliphatic heterocycles. The van der Waals surface area contributed by atoms with Crippen molar-refractivity contribution in [3.05, 3.63) is 46.3 Å². The van der Waals surface area contributed by atoms with Crippen molar-refractivity contribution in [2.45, 2.75) is 27.3 Å². The number of nitrogens with one attached hydrogen (secondary N) is 1. The molecule has 2 aromatic rings. The Morgan fingerprint density at radius 2 is 1.84 bits per heavy atom. The number of carbonyl (C=O) groups is 2. The van der Waals surface area contributed by atoms with Crippen LogP contribution in [0.4, 0.5) is 0 Å². The van der Waals surface area contributed by atoms with Crippen molar-refractivity contribution >= 4 is 11.7 Å². The zero-order valence-electron chi connectivity index (χ0n) is 15.5. The quantitative estimate of drug-likeness (QED) is 0.817. The number of aromatic amines is 1. The van der Waals surface area contributed by atoms with Gasteiger partial charge in [-0.15, -0.1) is 0 Å². The van der Waals surface area contributed by atoms with Gasteiger partial charge in [0.05, 0.1) is 14.2 Å². The second kappa shape index (κ2) is 7.42. The second-order valence-electron chi connectivity index (χ2n) is 6.02. The van der Waals surface area contributed by atoms with Crippen LogP contribution in [-0.4, -0.2) is 42.8 Å². The maximum Gasteiger partial charge on any atom is 0.270 e. The van der Waals surface area contributed by atoms with Crippen LogP contribution in [0.15, 0.2) is 18.2 Å². The van der Waals surface area contributed by atoms with Crippen LogP contribution in [0.2, 0.25) is 0 Å². The highest BCUT2D eigenvalue weighted by Gasteiger charge is 2.22. The van der Waals surface area contributed by atoms with E-state index in [1.54, 1.807) is 46.1 Å². The lowest BCUT2D eigenvalue weighted by Gasteiger charge is -2.19. The second-order valence-corrected chi connectivity index (χ2v) is 6.02.